The zero-order valence-electron chi connectivity index (χ0n) is 15.2. The van der Waals surface area contributed by atoms with E-state index in [0.29, 0.717) is 35.1 Å². The maximum Gasteiger partial charge on any atom is 0.253 e. The summed E-state index contributed by atoms with van der Waals surface area (Å²) in [7, 11) is 0. The lowest BCUT2D eigenvalue weighted by molar-refractivity contribution is 0.0706. The number of nitrogens with zero attached hydrogens (tertiary/aromatic N) is 3. The summed E-state index contributed by atoms with van der Waals surface area (Å²) in [4.78, 5) is 23.6. The first kappa shape index (κ1) is 18.6. The molecule has 0 bridgehead atoms. The number of carbonyl (C=O) groups excluding carboxylic acids is 1. The van der Waals surface area contributed by atoms with Crippen LogP contribution in [0.25, 0.3) is 11.4 Å². The van der Waals surface area contributed by atoms with E-state index in [0.717, 1.165) is 18.5 Å². The average molecular weight is 396 g/mol. The third-order valence-corrected chi connectivity index (χ3v) is 5.19. The third kappa shape index (κ3) is 4.04. The number of piperidine rings is 1. The quantitative estimate of drug-likeness (QED) is 0.630. The molecule has 0 saturated carbocycles. The van der Waals surface area contributed by atoms with Crippen molar-refractivity contribution in [3.8, 4) is 11.4 Å². The van der Waals surface area contributed by atoms with Gasteiger partial charge in [-0.1, -0.05) is 29.8 Å². The van der Waals surface area contributed by atoms with Crippen molar-refractivity contribution in [2.45, 2.75) is 18.8 Å². The minimum absolute atomic E-state index is 0.0217. The lowest BCUT2D eigenvalue weighted by Crippen LogP contribution is -2.39. The molecule has 0 spiro atoms. The maximum absolute atomic E-state index is 13.5. The number of rotatable bonds is 3. The van der Waals surface area contributed by atoms with Crippen molar-refractivity contribution in [3.05, 3.63) is 82.9 Å². The molecule has 2 heterocycles. The van der Waals surface area contributed by atoms with Gasteiger partial charge in [0.2, 0.25) is 0 Å². The fourth-order valence-corrected chi connectivity index (χ4v) is 3.76. The molecule has 1 aliphatic heterocycles. The Morgan fingerprint density at radius 1 is 1.14 bits per heavy atom. The van der Waals surface area contributed by atoms with Crippen molar-refractivity contribution in [3.63, 3.8) is 0 Å². The van der Waals surface area contributed by atoms with Gasteiger partial charge < -0.3 is 4.90 Å². The van der Waals surface area contributed by atoms with Crippen molar-refractivity contribution in [1.82, 2.24) is 14.9 Å². The highest BCUT2D eigenvalue weighted by Crippen LogP contribution is 2.28. The minimum atomic E-state index is -0.317. The number of amides is 1. The van der Waals surface area contributed by atoms with E-state index in [4.69, 9.17) is 11.6 Å². The average Bonchev–Trinajstić information content (AvgIpc) is 2.73. The molecule has 1 aromatic heterocycles. The molecule has 2 aromatic carbocycles. The van der Waals surface area contributed by atoms with E-state index in [1.807, 2.05) is 11.0 Å². The molecule has 6 heteroatoms. The van der Waals surface area contributed by atoms with Gasteiger partial charge in [0.1, 0.15) is 5.82 Å². The number of hydrogen-bond acceptors (Lipinski definition) is 3. The lowest BCUT2D eigenvalue weighted by atomic mass is 9.94. The standard InChI is InChI=1S/C22H19ClFN3O/c23-18-7-1-5-16(12-18)22(28)27-11-3-6-17(14-27)20-9-10-25-21(26-20)15-4-2-8-19(24)13-15/h1-2,4-5,7-10,12-13,17H,3,6,11,14H2/t17-/m1/s1. The Kier molecular flexibility index (Phi) is 5.35. The number of hydrogen-bond donors (Lipinski definition) is 0. The van der Waals surface area contributed by atoms with Crippen molar-refractivity contribution >= 4 is 17.5 Å². The van der Waals surface area contributed by atoms with Crippen molar-refractivity contribution in [1.29, 1.82) is 0 Å². The summed E-state index contributed by atoms with van der Waals surface area (Å²) in [6, 6.07) is 15.2. The molecule has 0 aliphatic carbocycles. The second kappa shape index (κ2) is 8.07. The van der Waals surface area contributed by atoms with E-state index in [1.165, 1.54) is 12.1 Å². The summed E-state index contributed by atoms with van der Waals surface area (Å²) in [6.45, 7) is 1.30. The van der Waals surface area contributed by atoms with Crippen LogP contribution in [0.5, 0.6) is 0 Å². The first-order valence-corrected chi connectivity index (χ1v) is 9.62. The summed E-state index contributed by atoms with van der Waals surface area (Å²) in [5.41, 5.74) is 2.11. The van der Waals surface area contributed by atoms with Crippen LogP contribution in [-0.4, -0.2) is 33.9 Å². The monoisotopic (exact) mass is 395 g/mol. The largest absolute Gasteiger partial charge is 0.338 e. The molecule has 142 valence electrons. The van der Waals surface area contributed by atoms with Crippen molar-refractivity contribution in [2.75, 3.05) is 13.1 Å². The molecule has 28 heavy (non-hydrogen) atoms. The van der Waals surface area contributed by atoms with E-state index in [1.54, 1.807) is 42.6 Å². The van der Waals surface area contributed by atoms with Gasteiger partial charge in [0, 0.05) is 47.0 Å². The molecule has 4 rings (SSSR count). The van der Waals surface area contributed by atoms with Crippen LogP contribution >= 0.6 is 11.6 Å². The van der Waals surface area contributed by atoms with Gasteiger partial charge >= 0.3 is 0 Å². The molecule has 0 unspecified atom stereocenters. The van der Waals surface area contributed by atoms with Gasteiger partial charge in [-0.3, -0.25) is 4.79 Å². The third-order valence-electron chi connectivity index (χ3n) is 4.96. The highest BCUT2D eigenvalue weighted by Gasteiger charge is 2.26. The van der Waals surface area contributed by atoms with Crippen molar-refractivity contribution < 1.29 is 9.18 Å². The summed E-state index contributed by atoms with van der Waals surface area (Å²) >= 11 is 6.02. The Morgan fingerprint density at radius 3 is 2.82 bits per heavy atom. The number of benzene rings is 2. The van der Waals surface area contributed by atoms with Crippen LogP contribution in [0.1, 0.15) is 34.8 Å². The molecule has 1 saturated heterocycles. The van der Waals surface area contributed by atoms with Gasteiger partial charge in [-0.2, -0.15) is 0 Å². The molecular weight excluding hydrogens is 377 g/mol. The van der Waals surface area contributed by atoms with E-state index in [9.17, 15) is 9.18 Å². The summed E-state index contributed by atoms with van der Waals surface area (Å²) in [5.74, 6) is 0.275. The molecule has 1 atom stereocenters. The zero-order chi connectivity index (χ0) is 19.5. The fourth-order valence-electron chi connectivity index (χ4n) is 3.57. The Morgan fingerprint density at radius 2 is 2.00 bits per heavy atom. The van der Waals surface area contributed by atoms with Crippen LogP contribution in [0.2, 0.25) is 5.02 Å². The second-order valence-corrected chi connectivity index (χ2v) is 7.35. The van der Waals surface area contributed by atoms with Gasteiger partial charge in [-0.15, -0.1) is 0 Å². The molecule has 0 radical (unpaired) electrons. The SMILES string of the molecule is O=C(c1cccc(Cl)c1)N1CCC[C@@H](c2ccnc(-c3cccc(F)c3)n2)C1. The molecule has 1 amide bonds. The van der Waals surface area contributed by atoms with Gasteiger partial charge in [0.15, 0.2) is 5.82 Å². The van der Waals surface area contributed by atoms with Crippen LogP contribution < -0.4 is 0 Å². The predicted octanol–water partition coefficient (Wildman–Crippen LogP) is 4.96. The number of halogens is 2. The van der Waals surface area contributed by atoms with Crippen LogP contribution in [0, 0.1) is 5.82 Å². The molecular formula is C22H19ClFN3O. The van der Waals surface area contributed by atoms with E-state index in [-0.39, 0.29) is 17.6 Å². The van der Waals surface area contributed by atoms with Gasteiger partial charge in [-0.25, -0.2) is 14.4 Å². The molecule has 4 nitrogen and oxygen atoms in total. The summed E-state index contributed by atoms with van der Waals surface area (Å²) < 4.78 is 13.5. The topological polar surface area (TPSA) is 46.1 Å². The first-order valence-electron chi connectivity index (χ1n) is 9.24. The Labute approximate surface area is 168 Å². The summed E-state index contributed by atoms with van der Waals surface area (Å²) in [6.07, 6.45) is 3.54. The van der Waals surface area contributed by atoms with E-state index >= 15 is 0 Å². The smallest absolute Gasteiger partial charge is 0.253 e. The summed E-state index contributed by atoms with van der Waals surface area (Å²) in [5, 5.41) is 0.551. The number of carbonyl (C=O) groups is 1. The normalized spacial score (nSPS) is 16.8. The van der Waals surface area contributed by atoms with Crippen LogP contribution in [-0.2, 0) is 0 Å². The number of likely N-dealkylation sites (tertiary alicyclic amines) is 1. The van der Waals surface area contributed by atoms with Crippen molar-refractivity contribution in [2.24, 2.45) is 0 Å². The highest BCUT2D eigenvalue weighted by atomic mass is 35.5. The Hall–Kier alpha value is -2.79. The van der Waals surface area contributed by atoms with Crippen LogP contribution in [0.3, 0.4) is 0 Å². The van der Waals surface area contributed by atoms with Gasteiger partial charge in [0.25, 0.3) is 5.91 Å². The molecule has 3 aromatic rings. The zero-order valence-corrected chi connectivity index (χ0v) is 15.9. The Bertz CT molecular complexity index is 1010. The minimum Gasteiger partial charge on any atom is -0.338 e. The van der Waals surface area contributed by atoms with E-state index < -0.39 is 0 Å². The molecule has 0 N–H and O–H groups in total. The van der Waals surface area contributed by atoms with Crippen LogP contribution in [0.15, 0.2) is 60.8 Å². The lowest BCUT2D eigenvalue weighted by Gasteiger charge is -2.32. The highest BCUT2D eigenvalue weighted by molar-refractivity contribution is 6.30. The van der Waals surface area contributed by atoms with Crippen LogP contribution in [0.4, 0.5) is 4.39 Å². The second-order valence-electron chi connectivity index (χ2n) is 6.92. The first-order chi connectivity index (χ1) is 13.6. The Balaban J connectivity index is 1.55. The molecule has 1 fully saturated rings. The number of aromatic nitrogens is 2. The van der Waals surface area contributed by atoms with E-state index in [2.05, 4.69) is 9.97 Å². The fraction of sp³-hybridized carbons (Fsp3) is 0.227. The van der Waals surface area contributed by atoms with Gasteiger partial charge in [0.05, 0.1) is 0 Å². The maximum atomic E-state index is 13.5. The molecule has 1 aliphatic rings. The predicted molar refractivity (Wildman–Crippen MR) is 107 cm³/mol. The van der Waals surface area contributed by atoms with Gasteiger partial charge in [-0.05, 0) is 49.2 Å².